The topological polar surface area (TPSA) is 62.6 Å². The Labute approximate surface area is 169 Å². The fourth-order valence-electron chi connectivity index (χ4n) is 4.29. The van der Waals surface area contributed by atoms with Crippen LogP contribution < -0.4 is 5.32 Å². The van der Waals surface area contributed by atoms with Crippen molar-refractivity contribution in [3.05, 3.63) is 54.7 Å². The van der Waals surface area contributed by atoms with Gasteiger partial charge in [-0.2, -0.15) is 5.10 Å². The molecule has 29 heavy (non-hydrogen) atoms. The van der Waals surface area contributed by atoms with Gasteiger partial charge in [-0.05, 0) is 43.8 Å². The van der Waals surface area contributed by atoms with Gasteiger partial charge >= 0.3 is 6.03 Å². The number of urea groups is 1. The Morgan fingerprint density at radius 3 is 2.83 bits per heavy atom. The number of carbonyl (C=O) groups is 1. The van der Waals surface area contributed by atoms with Crippen LogP contribution in [0, 0.1) is 0 Å². The number of likely N-dealkylation sites (tertiary alicyclic amines) is 1. The van der Waals surface area contributed by atoms with Crippen molar-refractivity contribution < 1.29 is 9.53 Å². The van der Waals surface area contributed by atoms with E-state index in [2.05, 4.69) is 22.4 Å². The first-order chi connectivity index (χ1) is 14.2. The maximum Gasteiger partial charge on any atom is 0.321 e. The lowest BCUT2D eigenvalue weighted by atomic mass is 9.99. The van der Waals surface area contributed by atoms with E-state index < -0.39 is 0 Å². The van der Waals surface area contributed by atoms with Crippen molar-refractivity contribution in [3.8, 4) is 5.69 Å². The molecular formula is C22H25N5O2. The van der Waals surface area contributed by atoms with E-state index in [4.69, 9.17) is 4.74 Å². The number of nitrogens with one attached hydrogen (secondary N) is 1. The van der Waals surface area contributed by atoms with Crippen LogP contribution in [0.3, 0.4) is 0 Å². The number of amides is 2. The SMILES string of the molecule is CN1CCOC2CCN(C(=O)Nc3ccc(-n4ncc5ccccc54)cc3)CC21. The summed E-state index contributed by atoms with van der Waals surface area (Å²) in [7, 11) is 2.11. The smallest absolute Gasteiger partial charge is 0.321 e. The molecule has 150 valence electrons. The number of aromatic nitrogens is 2. The lowest BCUT2D eigenvalue weighted by Gasteiger charge is -2.45. The zero-order valence-corrected chi connectivity index (χ0v) is 16.5. The molecule has 0 aliphatic carbocycles. The molecule has 0 radical (unpaired) electrons. The Morgan fingerprint density at radius 2 is 1.97 bits per heavy atom. The molecule has 0 bridgehead atoms. The van der Waals surface area contributed by atoms with Crippen LogP contribution in [0.4, 0.5) is 10.5 Å². The van der Waals surface area contributed by atoms with Gasteiger partial charge in [0, 0.05) is 30.7 Å². The van der Waals surface area contributed by atoms with Gasteiger partial charge in [-0.1, -0.05) is 18.2 Å². The number of hydrogen-bond acceptors (Lipinski definition) is 4. The molecule has 0 saturated carbocycles. The fourth-order valence-corrected chi connectivity index (χ4v) is 4.29. The first kappa shape index (κ1) is 18.1. The van der Waals surface area contributed by atoms with Gasteiger partial charge in [0.15, 0.2) is 0 Å². The number of rotatable bonds is 2. The number of piperidine rings is 1. The summed E-state index contributed by atoms with van der Waals surface area (Å²) >= 11 is 0. The maximum absolute atomic E-state index is 12.8. The third-order valence-electron chi connectivity index (χ3n) is 5.99. The molecule has 2 saturated heterocycles. The highest BCUT2D eigenvalue weighted by Gasteiger charge is 2.36. The Hall–Kier alpha value is -2.90. The van der Waals surface area contributed by atoms with E-state index in [1.54, 1.807) is 0 Å². The highest BCUT2D eigenvalue weighted by Crippen LogP contribution is 2.23. The monoisotopic (exact) mass is 391 g/mol. The number of morpholine rings is 1. The van der Waals surface area contributed by atoms with Gasteiger partial charge < -0.3 is 15.0 Å². The lowest BCUT2D eigenvalue weighted by Crippen LogP contribution is -2.60. The van der Waals surface area contributed by atoms with Crippen molar-refractivity contribution in [1.82, 2.24) is 19.6 Å². The first-order valence-corrected chi connectivity index (χ1v) is 10.1. The van der Waals surface area contributed by atoms with Crippen LogP contribution in [0.25, 0.3) is 16.6 Å². The van der Waals surface area contributed by atoms with Crippen LogP contribution in [0.15, 0.2) is 54.7 Å². The summed E-state index contributed by atoms with van der Waals surface area (Å²) in [6.45, 7) is 3.12. The summed E-state index contributed by atoms with van der Waals surface area (Å²) in [5, 5.41) is 8.61. The van der Waals surface area contributed by atoms with Gasteiger partial charge in [0.05, 0.1) is 36.2 Å². The van der Waals surface area contributed by atoms with Crippen LogP contribution in [0.1, 0.15) is 6.42 Å². The third kappa shape index (κ3) is 3.47. The molecule has 2 fully saturated rings. The number of carbonyl (C=O) groups excluding carboxylic acids is 1. The second-order valence-electron chi connectivity index (χ2n) is 7.78. The Morgan fingerprint density at radius 1 is 1.14 bits per heavy atom. The van der Waals surface area contributed by atoms with E-state index in [0.29, 0.717) is 6.54 Å². The van der Waals surface area contributed by atoms with Gasteiger partial charge in [-0.25, -0.2) is 9.48 Å². The summed E-state index contributed by atoms with van der Waals surface area (Å²) in [4.78, 5) is 17.0. The summed E-state index contributed by atoms with van der Waals surface area (Å²) < 4.78 is 7.78. The van der Waals surface area contributed by atoms with E-state index in [0.717, 1.165) is 48.4 Å². The van der Waals surface area contributed by atoms with Crippen molar-refractivity contribution in [2.24, 2.45) is 0 Å². The van der Waals surface area contributed by atoms with Crippen molar-refractivity contribution in [1.29, 1.82) is 0 Å². The first-order valence-electron chi connectivity index (χ1n) is 10.1. The molecule has 3 heterocycles. The minimum Gasteiger partial charge on any atom is -0.375 e. The molecule has 2 unspecified atom stereocenters. The normalized spacial score (nSPS) is 22.4. The molecule has 2 atom stereocenters. The highest BCUT2D eigenvalue weighted by atomic mass is 16.5. The molecule has 5 rings (SSSR count). The minimum atomic E-state index is -0.0558. The number of ether oxygens (including phenoxy) is 1. The molecule has 2 amide bonds. The Balaban J connectivity index is 1.27. The molecular weight excluding hydrogens is 366 g/mol. The van der Waals surface area contributed by atoms with Crippen molar-refractivity contribution >= 4 is 22.6 Å². The fraction of sp³-hybridized carbons (Fsp3) is 0.364. The predicted molar refractivity (Wildman–Crippen MR) is 112 cm³/mol. The van der Waals surface area contributed by atoms with Crippen LogP contribution in [-0.4, -0.2) is 71.0 Å². The minimum absolute atomic E-state index is 0.0558. The van der Waals surface area contributed by atoms with E-state index >= 15 is 0 Å². The molecule has 7 nitrogen and oxygen atoms in total. The van der Waals surface area contributed by atoms with Crippen molar-refractivity contribution in [3.63, 3.8) is 0 Å². The molecule has 1 N–H and O–H groups in total. The lowest BCUT2D eigenvalue weighted by molar-refractivity contribution is -0.0875. The van der Waals surface area contributed by atoms with Crippen LogP contribution in [0.5, 0.6) is 0 Å². The summed E-state index contributed by atoms with van der Waals surface area (Å²) in [5.74, 6) is 0. The number of anilines is 1. The number of hydrogen-bond donors (Lipinski definition) is 1. The third-order valence-corrected chi connectivity index (χ3v) is 5.99. The quantitative estimate of drug-likeness (QED) is 0.730. The second-order valence-corrected chi connectivity index (χ2v) is 7.78. The van der Waals surface area contributed by atoms with Gasteiger partial charge in [0.1, 0.15) is 0 Å². The number of nitrogens with zero attached hydrogens (tertiary/aromatic N) is 4. The molecule has 1 aromatic heterocycles. The molecule has 2 aliphatic rings. The van der Waals surface area contributed by atoms with Gasteiger partial charge in [-0.3, -0.25) is 4.90 Å². The maximum atomic E-state index is 12.8. The van der Waals surface area contributed by atoms with Crippen molar-refractivity contribution in [2.75, 3.05) is 38.6 Å². The number of likely N-dealkylation sites (N-methyl/N-ethyl adjacent to an activating group) is 1. The number of para-hydroxylation sites is 1. The van der Waals surface area contributed by atoms with Gasteiger partial charge in [0.25, 0.3) is 0 Å². The van der Waals surface area contributed by atoms with Crippen LogP contribution in [0.2, 0.25) is 0 Å². The molecule has 0 spiro atoms. The van der Waals surface area contributed by atoms with E-state index in [9.17, 15) is 4.79 Å². The molecule has 2 aliphatic heterocycles. The Kier molecular flexibility index (Phi) is 4.69. The number of fused-ring (bicyclic) bond motifs is 2. The second kappa shape index (κ2) is 7.50. The van der Waals surface area contributed by atoms with E-state index in [-0.39, 0.29) is 18.2 Å². The average molecular weight is 391 g/mol. The molecule has 2 aromatic carbocycles. The predicted octanol–water partition coefficient (Wildman–Crippen LogP) is 2.96. The van der Waals surface area contributed by atoms with Crippen LogP contribution >= 0.6 is 0 Å². The standard InChI is InChI=1S/C22H25N5O2/c1-25-12-13-29-21-10-11-26(15-20(21)25)22(28)24-17-6-8-18(9-7-17)27-19-5-3-2-4-16(19)14-23-27/h2-9,14,20-21H,10-13,15H2,1H3,(H,24,28). The highest BCUT2D eigenvalue weighted by molar-refractivity contribution is 5.89. The number of benzene rings is 2. The summed E-state index contributed by atoms with van der Waals surface area (Å²) in [6.07, 6.45) is 2.98. The summed E-state index contributed by atoms with van der Waals surface area (Å²) in [6, 6.07) is 16.1. The van der Waals surface area contributed by atoms with Gasteiger partial charge in [-0.15, -0.1) is 0 Å². The zero-order valence-electron chi connectivity index (χ0n) is 16.5. The summed E-state index contributed by atoms with van der Waals surface area (Å²) in [5.41, 5.74) is 2.81. The van der Waals surface area contributed by atoms with E-state index in [1.807, 2.05) is 64.3 Å². The molecule has 7 heteroatoms. The molecule has 3 aromatic rings. The zero-order chi connectivity index (χ0) is 19.8. The largest absolute Gasteiger partial charge is 0.375 e. The van der Waals surface area contributed by atoms with Crippen LogP contribution in [-0.2, 0) is 4.74 Å². The van der Waals surface area contributed by atoms with Gasteiger partial charge in [0.2, 0.25) is 0 Å². The Bertz CT molecular complexity index is 1020. The average Bonchev–Trinajstić information content (AvgIpc) is 3.18. The van der Waals surface area contributed by atoms with Crippen molar-refractivity contribution in [2.45, 2.75) is 18.6 Å². The van der Waals surface area contributed by atoms with E-state index in [1.165, 1.54) is 0 Å².